The Balaban J connectivity index is 1.82. The van der Waals surface area contributed by atoms with Gasteiger partial charge >= 0.3 is 0 Å². The molecule has 1 aliphatic heterocycles. The number of nitrogens with zero attached hydrogens (tertiary/aromatic N) is 3. The zero-order valence-electron chi connectivity index (χ0n) is 9.03. The summed E-state index contributed by atoms with van der Waals surface area (Å²) in [5.74, 6) is 0.374. The maximum Gasteiger partial charge on any atom is 0.241 e. The molecule has 0 unspecified atom stereocenters. The zero-order valence-corrected chi connectivity index (χ0v) is 9.78. The van der Waals surface area contributed by atoms with Crippen LogP contribution in [0.2, 0.25) is 5.28 Å². The Bertz CT molecular complexity index is 355. The third-order valence-corrected chi connectivity index (χ3v) is 2.78. The van der Waals surface area contributed by atoms with Crippen LogP contribution in [0.3, 0.4) is 0 Å². The molecule has 2 rings (SSSR count). The molecular formula is C10H15ClN4O. The summed E-state index contributed by atoms with van der Waals surface area (Å²) < 4.78 is 5.48. The third kappa shape index (κ3) is 2.96. The molecule has 0 spiro atoms. The molecule has 1 aliphatic rings. The molecule has 2 N–H and O–H groups in total. The van der Waals surface area contributed by atoms with Crippen molar-refractivity contribution in [1.82, 2.24) is 14.9 Å². The normalized spacial score (nSPS) is 16.6. The SMILES string of the molecule is Nc1cnc(Cl)nc1OCCN1CCCC1. The van der Waals surface area contributed by atoms with Crippen molar-refractivity contribution in [1.29, 1.82) is 0 Å². The topological polar surface area (TPSA) is 64.3 Å². The van der Waals surface area contributed by atoms with Crippen molar-refractivity contribution >= 4 is 17.3 Å². The van der Waals surface area contributed by atoms with Crippen LogP contribution in [0, 0.1) is 0 Å². The molecular weight excluding hydrogens is 228 g/mol. The molecule has 0 amide bonds. The third-order valence-electron chi connectivity index (χ3n) is 2.60. The maximum absolute atomic E-state index is 5.66. The van der Waals surface area contributed by atoms with Crippen LogP contribution in [0.15, 0.2) is 6.20 Å². The van der Waals surface area contributed by atoms with Crippen LogP contribution in [0.25, 0.3) is 0 Å². The second kappa shape index (κ2) is 5.32. The standard InChI is InChI=1S/C10H15ClN4O/c11-10-13-7-8(12)9(14-10)16-6-5-15-3-1-2-4-15/h7H,1-6,12H2. The van der Waals surface area contributed by atoms with Gasteiger partial charge in [0.15, 0.2) is 0 Å². The van der Waals surface area contributed by atoms with E-state index in [1.807, 2.05) is 0 Å². The average Bonchev–Trinajstić information content (AvgIpc) is 2.76. The first-order valence-corrected chi connectivity index (χ1v) is 5.76. The first-order chi connectivity index (χ1) is 7.75. The molecule has 6 heteroatoms. The van der Waals surface area contributed by atoms with E-state index in [4.69, 9.17) is 22.1 Å². The molecule has 88 valence electrons. The lowest BCUT2D eigenvalue weighted by atomic mass is 10.4. The predicted molar refractivity (Wildman–Crippen MR) is 62.6 cm³/mol. The molecule has 5 nitrogen and oxygen atoms in total. The summed E-state index contributed by atoms with van der Waals surface area (Å²) in [6, 6.07) is 0. The molecule has 16 heavy (non-hydrogen) atoms. The van der Waals surface area contributed by atoms with E-state index in [1.165, 1.54) is 19.0 Å². The summed E-state index contributed by atoms with van der Waals surface area (Å²) >= 11 is 5.65. The molecule has 1 saturated heterocycles. The number of rotatable bonds is 4. The van der Waals surface area contributed by atoms with Crippen LogP contribution < -0.4 is 10.5 Å². The summed E-state index contributed by atoms with van der Waals surface area (Å²) in [5.41, 5.74) is 6.08. The van der Waals surface area contributed by atoms with Gasteiger partial charge in [0, 0.05) is 6.54 Å². The van der Waals surface area contributed by atoms with E-state index in [9.17, 15) is 0 Å². The smallest absolute Gasteiger partial charge is 0.241 e. The van der Waals surface area contributed by atoms with E-state index in [-0.39, 0.29) is 5.28 Å². The lowest BCUT2D eigenvalue weighted by Gasteiger charge is -2.14. The second-order valence-corrected chi connectivity index (χ2v) is 4.13. The number of nitrogen functional groups attached to an aromatic ring is 1. The van der Waals surface area contributed by atoms with Crippen molar-refractivity contribution in [2.24, 2.45) is 0 Å². The Morgan fingerprint density at radius 3 is 2.94 bits per heavy atom. The van der Waals surface area contributed by atoms with Gasteiger partial charge in [-0.2, -0.15) is 4.98 Å². The lowest BCUT2D eigenvalue weighted by molar-refractivity contribution is 0.232. The second-order valence-electron chi connectivity index (χ2n) is 3.80. The maximum atomic E-state index is 5.66. The number of halogens is 1. The molecule has 0 bridgehead atoms. The lowest BCUT2D eigenvalue weighted by Crippen LogP contribution is -2.25. The van der Waals surface area contributed by atoms with E-state index >= 15 is 0 Å². The minimum atomic E-state index is 0.158. The Morgan fingerprint density at radius 2 is 2.19 bits per heavy atom. The van der Waals surface area contributed by atoms with E-state index < -0.39 is 0 Å². The molecule has 1 fully saturated rings. The van der Waals surface area contributed by atoms with Crippen molar-refractivity contribution in [2.45, 2.75) is 12.8 Å². The number of aromatic nitrogens is 2. The number of likely N-dealkylation sites (tertiary alicyclic amines) is 1. The summed E-state index contributed by atoms with van der Waals surface area (Å²) in [7, 11) is 0. The van der Waals surface area contributed by atoms with E-state index in [1.54, 1.807) is 0 Å². The van der Waals surface area contributed by atoms with Gasteiger partial charge in [0.05, 0.1) is 6.20 Å². The van der Waals surface area contributed by atoms with Gasteiger partial charge in [-0.15, -0.1) is 0 Å². The van der Waals surface area contributed by atoms with Gasteiger partial charge in [0.1, 0.15) is 12.3 Å². The highest BCUT2D eigenvalue weighted by atomic mass is 35.5. The van der Waals surface area contributed by atoms with Crippen LogP contribution in [0.1, 0.15) is 12.8 Å². The molecule has 0 radical (unpaired) electrons. The molecule has 0 aliphatic carbocycles. The highest BCUT2D eigenvalue weighted by Gasteiger charge is 2.11. The summed E-state index contributed by atoms with van der Waals surface area (Å²) in [6.45, 7) is 3.80. The Morgan fingerprint density at radius 1 is 1.44 bits per heavy atom. The van der Waals surface area contributed by atoms with Gasteiger partial charge in [-0.1, -0.05) is 0 Å². The van der Waals surface area contributed by atoms with E-state index in [0.29, 0.717) is 18.2 Å². The molecule has 1 aromatic rings. The summed E-state index contributed by atoms with van der Waals surface area (Å²) in [4.78, 5) is 10.0. The summed E-state index contributed by atoms with van der Waals surface area (Å²) in [5, 5.41) is 0.158. The first-order valence-electron chi connectivity index (χ1n) is 5.39. The van der Waals surface area contributed by atoms with Crippen LogP contribution in [0.5, 0.6) is 5.88 Å². The molecule has 0 atom stereocenters. The molecule has 0 saturated carbocycles. The van der Waals surface area contributed by atoms with E-state index in [2.05, 4.69) is 14.9 Å². The van der Waals surface area contributed by atoms with Crippen molar-refractivity contribution in [3.63, 3.8) is 0 Å². The van der Waals surface area contributed by atoms with Crippen molar-refractivity contribution in [3.8, 4) is 5.88 Å². The predicted octanol–water partition coefficient (Wildman–Crippen LogP) is 1.19. The number of ether oxygens (including phenoxy) is 1. The Kier molecular flexibility index (Phi) is 3.79. The van der Waals surface area contributed by atoms with Crippen LogP contribution in [-0.4, -0.2) is 41.1 Å². The largest absolute Gasteiger partial charge is 0.475 e. The Hall–Kier alpha value is -1.07. The van der Waals surface area contributed by atoms with Gasteiger partial charge < -0.3 is 10.5 Å². The fourth-order valence-electron chi connectivity index (χ4n) is 1.75. The quantitative estimate of drug-likeness (QED) is 0.804. The van der Waals surface area contributed by atoms with Crippen LogP contribution >= 0.6 is 11.6 Å². The highest BCUT2D eigenvalue weighted by molar-refractivity contribution is 6.28. The fourth-order valence-corrected chi connectivity index (χ4v) is 1.87. The van der Waals surface area contributed by atoms with Crippen LogP contribution in [0.4, 0.5) is 5.69 Å². The highest BCUT2D eigenvalue weighted by Crippen LogP contribution is 2.18. The average molecular weight is 243 g/mol. The van der Waals surface area contributed by atoms with Crippen molar-refractivity contribution in [2.75, 3.05) is 32.0 Å². The zero-order chi connectivity index (χ0) is 11.4. The minimum Gasteiger partial charge on any atom is -0.475 e. The first kappa shape index (κ1) is 11.4. The fraction of sp³-hybridized carbons (Fsp3) is 0.600. The molecule has 2 heterocycles. The number of hydrogen-bond donors (Lipinski definition) is 1. The minimum absolute atomic E-state index is 0.158. The number of anilines is 1. The van der Waals surface area contributed by atoms with Crippen LogP contribution in [-0.2, 0) is 0 Å². The van der Waals surface area contributed by atoms with E-state index in [0.717, 1.165) is 19.6 Å². The van der Waals surface area contributed by atoms with Gasteiger partial charge in [-0.05, 0) is 37.5 Å². The summed E-state index contributed by atoms with van der Waals surface area (Å²) in [6.07, 6.45) is 4.02. The number of hydrogen-bond acceptors (Lipinski definition) is 5. The van der Waals surface area contributed by atoms with Gasteiger partial charge in [0.25, 0.3) is 0 Å². The number of nitrogens with two attached hydrogens (primary N) is 1. The van der Waals surface area contributed by atoms with Crippen molar-refractivity contribution in [3.05, 3.63) is 11.5 Å². The van der Waals surface area contributed by atoms with Gasteiger partial charge in [-0.3, -0.25) is 4.90 Å². The monoisotopic (exact) mass is 242 g/mol. The van der Waals surface area contributed by atoms with Gasteiger partial charge in [-0.25, -0.2) is 4.98 Å². The van der Waals surface area contributed by atoms with Gasteiger partial charge in [0.2, 0.25) is 11.2 Å². The molecule has 1 aromatic heterocycles. The molecule has 0 aromatic carbocycles. The van der Waals surface area contributed by atoms with Crippen molar-refractivity contribution < 1.29 is 4.74 Å². The Labute approximate surface area is 99.6 Å².